The van der Waals surface area contributed by atoms with Crippen LogP contribution in [0.3, 0.4) is 0 Å². The van der Waals surface area contributed by atoms with Crippen LogP contribution in [0.15, 0.2) is 66.7 Å². The monoisotopic (exact) mass is 401 g/mol. The lowest BCUT2D eigenvalue weighted by Crippen LogP contribution is -2.23. The Bertz CT molecular complexity index is 1130. The highest BCUT2D eigenvalue weighted by Crippen LogP contribution is 2.20. The number of rotatable bonds is 6. The number of para-hydroxylation sites is 2. The van der Waals surface area contributed by atoms with Gasteiger partial charge in [-0.15, -0.1) is 0 Å². The molecule has 0 bridgehead atoms. The standard InChI is InChI=1S/C25H27N5.2H2/c1-18-8-7-13-22-23(14-18)29-25(28-22)17-30(15-19-9-3-2-4-10-19)16-24-26-20-11-5-6-12-21(20)27-24;;/h2-12,18H,13-17H2,1H3,(H,26,27)(H,28,29);2*1H. The van der Waals surface area contributed by atoms with E-state index in [2.05, 4.69) is 76.4 Å². The molecular formula is C25H31N5. The van der Waals surface area contributed by atoms with Gasteiger partial charge in [0.25, 0.3) is 0 Å². The van der Waals surface area contributed by atoms with Gasteiger partial charge in [0.05, 0.1) is 29.8 Å². The minimum atomic E-state index is 0. The molecule has 2 heterocycles. The number of imidazole rings is 2. The molecule has 4 aromatic rings. The SMILES string of the molecule is CC1C=CCc2[nH]c(CN(Cc3ccccc3)Cc3nc4ccccc4[nH]3)nc2C1.[HH].[HH]. The van der Waals surface area contributed by atoms with Crippen LogP contribution >= 0.6 is 0 Å². The van der Waals surface area contributed by atoms with Gasteiger partial charge >= 0.3 is 0 Å². The van der Waals surface area contributed by atoms with E-state index < -0.39 is 0 Å². The van der Waals surface area contributed by atoms with Crippen molar-refractivity contribution < 1.29 is 2.85 Å². The molecule has 5 nitrogen and oxygen atoms in total. The van der Waals surface area contributed by atoms with E-state index in [1.54, 1.807) is 0 Å². The molecule has 0 radical (unpaired) electrons. The van der Waals surface area contributed by atoms with Gasteiger partial charge in [0, 0.05) is 21.5 Å². The van der Waals surface area contributed by atoms with Crippen LogP contribution in [0.4, 0.5) is 0 Å². The molecule has 0 amide bonds. The van der Waals surface area contributed by atoms with Crippen molar-refractivity contribution in [2.24, 2.45) is 5.92 Å². The van der Waals surface area contributed by atoms with Crippen molar-refractivity contribution in [1.82, 2.24) is 24.8 Å². The molecule has 0 saturated carbocycles. The van der Waals surface area contributed by atoms with E-state index in [0.717, 1.165) is 55.2 Å². The van der Waals surface area contributed by atoms with E-state index in [-0.39, 0.29) is 2.85 Å². The van der Waals surface area contributed by atoms with Crippen molar-refractivity contribution in [2.45, 2.75) is 39.4 Å². The summed E-state index contributed by atoms with van der Waals surface area (Å²) in [5.74, 6) is 2.56. The zero-order valence-corrected chi connectivity index (χ0v) is 17.3. The Hall–Kier alpha value is -3.18. The van der Waals surface area contributed by atoms with Crippen molar-refractivity contribution in [1.29, 1.82) is 0 Å². The third kappa shape index (κ3) is 4.21. The molecule has 0 spiro atoms. The van der Waals surface area contributed by atoms with Gasteiger partial charge in [0.15, 0.2) is 0 Å². The first-order valence-electron chi connectivity index (χ1n) is 10.7. The van der Waals surface area contributed by atoms with Crippen LogP contribution in [0.25, 0.3) is 11.0 Å². The lowest BCUT2D eigenvalue weighted by Gasteiger charge is -2.20. The van der Waals surface area contributed by atoms with Crippen LogP contribution < -0.4 is 0 Å². The molecule has 5 rings (SSSR count). The second-order valence-electron chi connectivity index (χ2n) is 8.25. The predicted molar refractivity (Wildman–Crippen MR) is 124 cm³/mol. The molecule has 1 aliphatic rings. The second kappa shape index (κ2) is 8.28. The number of nitrogens with zero attached hydrogens (tertiary/aromatic N) is 3. The highest BCUT2D eigenvalue weighted by Gasteiger charge is 2.17. The van der Waals surface area contributed by atoms with Crippen molar-refractivity contribution in [3.63, 3.8) is 0 Å². The van der Waals surface area contributed by atoms with Crippen LogP contribution in [0.5, 0.6) is 0 Å². The fraction of sp³-hybridized carbons (Fsp3) is 0.280. The van der Waals surface area contributed by atoms with Gasteiger partial charge in [-0.3, -0.25) is 4.90 Å². The van der Waals surface area contributed by atoms with Crippen LogP contribution in [-0.4, -0.2) is 24.8 Å². The number of nitrogens with one attached hydrogen (secondary N) is 2. The topological polar surface area (TPSA) is 60.6 Å². The first-order chi connectivity index (χ1) is 14.7. The molecule has 1 atom stereocenters. The number of hydrogen-bond donors (Lipinski definition) is 2. The molecule has 0 fully saturated rings. The number of aromatic nitrogens is 4. The van der Waals surface area contributed by atoms with E-state index in [1.807, 2.05) is 12.1 Å². The molecular weight excluding hydrogens is 370 g/mol. The maximum absolute atomic E-state index is 4.96. The number of benzene rings is 2. The number of allylic oxidation sites excluding steroid dienone is 2. The summed E-state index contributed by atoms with van der Waals surface area (Å²) in [4.78, 5) is 19.2. The van der Waals surface area contributed by atoms with E-state index in [0.29, 0.717) is 5.92 Å². The van der Waals surface area contributed by atoms with Crippen molar-refractivity contribution in [3.05, 3.63) is 95.3 Å². The summed E-state index contributed by atoms with van der Waals surface area (Å²) >= 11 is 0. The third-order valence-electron chi connectivity index (χ3n) is 5.65. The summed E-state index contributed by atoms with van der Waals surface area (Å²) in [6.45, 7) is 4.60. The van der Waals surface area contributed by atoms with Crippen LogP contribution in [0.2, 0.25) is 0 Å². The van der Waals surface area contributed by atoms with Crippen LogP contribution in [-0.2, 0) is 32.5 Å². The van der Waals surface area contributed by atoms with Gasteiger partial charge in [0.2, 0.25) is 0 Å². The molecule has 0 saturated heterocycles. The molecule has 0 aliphatic heterocycles. The number of H-pyrrole nitrogens is 2. The summed E-state index contributed by atoms with van der Waals surface area (Å²) in [5, 5.41) is 0. The Morgan fingerprint density at radius 1 is 0.933 bits per heavy atom. The number of hydrogen-bond acceptors (Lipinski definition) is 3. The normalized spacial score (nSPS) is 16.1. The van der Waals surface area contributed by atoms with Crippen molar-refractivity contribution in [3.8, 4) is 0 Å². The molecule has 30 heavy (non-hydrogen) atoms. The first-order valence-corrected chi connectivity index (χ1v) is 10.7. The van der Waals surface area contributed by atoms with Crippen LogP contribution in [0.1, 0.15) is 38.4 Å². The summed E-state index contributed by atoms with van der Waals surface area (Å²) in [6.07, 6.45) is 6.49. The van der Waals surface area contributed by atoms with E-state index >= 15 is 0 Å². The van der Waals surface area contributed by atoms with Crippen LogP contribution in [0, 0.1) is 5.92 Å². The quantitative estimate of drug-likeness (QED) is 0.433. The maximum atomic E-state index is 4.96. The first kappa shape index (κ1) is 18.8. The summed E-state index contributed by atoms with van der Waals surface area (Å²) < 4.78 is 0. The van der Waals surface area contributed by atoms with Gasteiger partial charge in [-0.05, 0) is 30.0 Å². The fourth-order valence-corrected chi connectivity index (χ4v) is 4.22. The molecule has 2 aromatic carbocycles. The van der Waals surface area contributed by atoms with Gasteiger partial charge in [0.1, 0.15) is 11.6 Å². The largest absolute Gasteiger partial charge is 0.344 e. The summed E-state index contributed by atoms with van der Waals surface area (Å²) in [7, 11) is 0. The molecule has 2 N–H and O–H groups in total. The van der Waals surface area contributed by atoms with Gasteiger partial charge < -0.3 is 9.97 Å². The Morgan fingerprint density at radius 3 is 2.53 bits per heavy atom. The minimum absolute atomic E-state index is 0. The maximum Gasteiger partial charge on any atom is 0.121 e. The Morgan fingerprint density at radius 2 is 1.70 bits per heavy atom. The molecule has 2 aromatic heterocycles. The van der Waals surface area contributed by atoms with Gasteiger partial charge in [-0.25, -0.2) is 9.97 Å². The van der Waals surface area contributed by atoms with Crippen molar-refractivity contribution in [2.75, 3.05) is 0 Å². The lowest BCUT2D eigenvalue weighted by molar-refractivity contribution is 0.236. The van der Waals surface area contributed by atoms with Gasteiger partial charge in [-0.1, -0.05) is 61.5 Å². The van der Waals surface area contributed by atoms with E-state index in [9.17, 15) is 0 Å². The molecule has 1 aliphatic carbocycles. The lowest BCUT2D eigenvalue weighted by atomic mass is 10.1. The summed E-state index contributed by atoms with van der Waals surface area (Å²) in [5.41, 5.74) is 5.86. The smallest absolute Gasteiger partial charge is 0.121 e. The number of fused-ring (bicyclic) bond motifs is 2. The number of aromatic amines is 2. The highest BCUT2D eigenvalue weighted by molar-refractivity contribution is 5.74. The Labute approximate surface area is 179 Å². The average molecular weight is 402 g/mol. The Balaban J connectivity index is 0.00000144. The molecule has 1 unspecified atom stereocenters. The third-order valence-corrected chi connectivity index (χ3v) is 5.65. The zero-order valence-electron chi connectivity index (χ0n) is 17.3. The van der Waals surface area contributed by atoms with E-state index in [1.165, 1.54) is 17.0 Å². The summed E-state index contributed by atoms with van der Waals surface area (Å²) in [6, 6.07) is 18.8. The average Bonchev–Trinajstić information content (AvgIpc) is 3.27. The zero-order chi connectivity index (χ0) is 20.3. The molecule has 156 valence electrons. The van der Waals surface area contributed by atoms with E-state index in [4.69, 9.17) is 9.97 Å². The molecule has 5 heteroatoms. The van der Waals surface area contributed by atoms with Crippen molar-refractivity contribution >= 4 is 11.0 Å². The second-order valence-corrected chi connectivity index (χ2v) is 8.25. The minimum Gasteiger partial charge on any atom is -0.344 e. The Kier molecular flexibility index (Phi) is 5.20. The predicted octanol–water partition coefficient (Wildman–Crippen LogP) is 5.27. The fourth-order valence-electron chi connectivity index (χ4n) is 4.22. The highest BCUT2D eigenvalue weighted by atomic mass is 15.2. The van der Waals surface area contributed by atoms with Gasteiger partial charge in [-0.2, -0.15) is 0 Å².